The summed E-state index contributed by atoms with van der Waals surface area (Å²) < 4.78 is 2.28. The van der Waals surface area contributed by atoms with E-state index in [0.717, 1.165) is 27.7 Å². The second-order valence-electron chi connectivity index (χ2n) is 14.0. The molecule has 0 aliphatic carbocycles. The van der Waals surface area contributed by atoms with Gasteiger partial charge in [0.1, 0.15) is 0 Å². The van der Waals surface area contributed by atoms with E-state index in [1.807, 2.05) is 18.2 Å². The molecule has 53 heavy (non-hydrogen) atoms. The van der Waals surface area contributed by atoms with Gasteiger partial charge in [-0.05, 0) is 125 Å². The van der Waals surface area contributed by atoms with Crippen LogP contribution in [0.5, 0.6) is 0 Å². The number of aromatic nitrogens is 1. The third-order valence-corrected chi connectivity index (χ3v) is 11.1. The van der Waals surface area contributed by atoms with Crippen LogP contribution >= 0.6 is 0 Å². The standard InChI is InChI=1S/C51H30N2/c1-52-42-23-25-47-46-24-22-35(30-48(46)53(49(47)31-42)43-10-3-2-4-11-43)32-14-16-33(17-15-32)40-26-36-18-20-38-28-41(29-39-21-19-37(27-40)50(36)51(38)39)45-13-7-9-34-8-5-6-12-44(34)45/h2-31H. The summed E-state index contributed by atoms with van der Waals surface area (Å²) in [6.45, 7) is 7.62. The van der Waals surface area contributed by atoms with Crippen molar-refractivity contribution in [2.24, 2.45) is 0 Å². The minimum absolute atomic E-state index is 0.645. The van der Waals surface area contributed by atoms with Crippen molar-refractivity contribution in [3.63, 3.8) is 0 Å². The largest absolute Gasteiger partial charge is 0.310 e. The summed E-state index contributed by atoms with van der Waals surface area (Å²) in [5.74, 6) is 0. The Labute approximate surface area is 306 Å². The Morgan fingerprint density at radius 3 is 1.58 bits per heavy atom. The van der Waals surface area contributed by atoms with Crippen LogP contribution in [-0.2, 0) is 0 Å². The van der Waals surface area contributed by atoms with E-state index >= 15 is 0 Å². The Balaban J connectivity index is 0.986. The molecule has 0 bridgehead atoms. The summed E-state index contributed by atoms with van der Waals surface area (Å²) in [6, 6.07) is 65.9. The molecule has 0 saturated heterocycles. The van der Waals surface area contributed by atoms with E-state index in [4.69, 9.17) is 6.57 Å². The van der Waals surface area contributed by atoms with E-state index in [0.29, 0.717) is 5.69 Å². The number of nitrogens with zero attached hydrogens (tertiary/aromatic N) is 2. The van der Waals surface area contributed by atoms with Crippen molar-refractivity contribution in [3.05, 3.63) is 193 Å². The van der Waals surface area contributed by atoms with E-state index in [9.17, 15) is 0 Å². The van der Waals surface area contributed by atoms with Gasteiger partial charge in [0, 0.05) is 22.0 Å². The lowest BCUT2D eigenvalue weighted by Crippen LogP contribution is -1.93. The molecule has 0 atom stereocenters. The van der Waals surface area contributed by atoms with Gasteiger partial charge in [-0.3, -0.25) is 0 Å². The van der Waals surface area contributed by atoms with Gasteiger partial charge in [-0.25, -0.2) is 4.85 Å². The molecule has 0 radical (unpaired) electrons. The molecular weight excluding hydrogens is 641 g/mol. The SMILES string of the molecule is [C-]#[N+]c1ccc2c3ccc(-c4ccc(-c5cc6ccc7cc(-c8cccc9ccccc89)cc8ccc(c5)c6c78)cc4)cc3n(-c3ccccc3)c2c1. The quantitative estimate of drug-likeness (QED) is 0.130. The molecule has 0 amide bonds. The maximum Gasteiger partial charge on any atom is 0.189 e. The van der Waals surface area contributed by atoms with Gasteiger partial charge in [-0.2, -0.15) is 0 Å². The lowest BCUT2D eigenvalue weighted by molar-refractivity contribution is 1.18. The average Bonchev–Trinajstić information content (AvgIpc) is 3.55. The van der Waals surface area contributed by atoms with Gasteiger partial charge in [-0.15, -0.1) is 0 Å². The smallest absolute Gasteiger partial charge is 0.189 e. The maximum absolute atomic E-state index is 7.62. The van der Waals surface area contributed by atoms with Crippen LogP contribution in [0.15, 0.2) is 182 Å². The highest BCUT2D eigenvalue weighted by molar-refractivity contribution is 6.25. The molecule has 0 saturated carbocycles. The normalized spacial score (nSPS) is 11.8. The Morgan fingerprint density at radius 2 is 0.906 bits per heavy atom. The van der Waals surface area contributed by atoms with Crippen molar-refractivity contribution >= 4 is 70.6 Å². The van der Waals surface area contributed by atoms with Crippen molar-refractivity contribution in [1.29, 1.82) is 0 Å². The molecule has 2 nitrogen and oxygen atoms in total. The first-order valence-electron chi connectivity index (χ1n) is 18.0. The van der Waals surface area contributed by atoms with E-state index in [1.54, 1.807) is 0 Å². The highest BCUT2D eigenvalue weighted by Crippen LogP contribution is 2.41. The van der Waals surface area contributed by atoms with Crippen molar-refractivity contribution in [2.75, 3.05) is 0 Å². The Hall–Kier alpha value is -7.21. The molecule has 10 aromatic carbocycles. The predicted molar refractivity (Wildman–Crippen MR) is 225 cm³/mol. The zero-order valence-electron chi connectivity index (χ0n) is 28.7. The number of benzene rings is 10. The number of hydrogen-bond donors (Lipinski definition) is 0. The van der Waals surface area contributed by atoms with Gasteiger partial charge >= 0.3 is 0 Å². The van der Waals surface area contributed by atoms with Crippen LogP contribution in [0.25, 0.3) is 109 Å². The van der Waals surface area contributed by atoms with Gasteiger partial charge in [0.15, 0.2) is 5.69 Å². The van der Waals surface area contributed by atoms with Gasteiger partial charge in [0.25, 0.3) is 0 Å². The second-order valence-corrected chi connectivity index (χ2v) is 14.0. The van der Waals surface area contributed by atoms with E-state index in [-0.39, 0.29) is 0 Å². The molecule has 11 aromatic rings. The first kappa shape index (κ1) is 29.5. The van der Waals surface area contributed by atoms with Gasteiger partial charge < -0.3 is 4.57 Å². The number of hydrogen-bond acceptors (Lipinski definition) is 0. The lowest BCUT2D eigenvalue weighted by atomic mass is 9.88. The van der Waals surface area contributed by atoms with Crippen molar-refractivity contribution < 1.29 is 0 Å². The molecule has 0 unspecified atom stereocenters. The number of fused-ring (bicyclic) bond motifs is 4. The lowest BCUT2D eigenvalue weighted by Gasteiger charge is -2.15. The molecule has 0 fully saturated rings. The Bertz CT molecular complexity index is 3200. The molecule has 0 spiro atoms. The first-order chi connectivity index (χ1) is 26.2. The maximum atomic E-state index is 7.62. The van der Waals surface area contributed by atoms with Crippen LogP contribution < -0.4 is 0 Å². The molecule has 0 N–H and O–H groups in total. The van der Waals surface area contributed by atoms with E-state index < -0.39 is 0 Å². The van der Waals surface area contributed by atoms with Gasteiger partial charge in [0.2, 0.25) is 0 Å². The summed E-state index contributed by atoms with van der Waals surface area (Å²) in [5.41, 5.74) is 11.2. The summed E-state index contributed by atoms with van der Waals surface area (Å²) >= 11 is 0. The molecule has 2 heteroatoms. The fraction of sp³-hybridized carbons (Fsp3) is 0. The topological polar surface area (TPSA) is 9.29 Å². The number of para-hydroxylation sites is 1. The van der Waals surface area contributed by atoms with Crippen molar-refractivity contribution in [1.82, 2.24) is 4.57 Å². The molecule has 0 aliphatic rings. The Morgan fingerprint density at radius 1 is 0.358 bits per heavy atom. The van der Waals surface area contributed by atoms with Crippen LogP contribution in [0.3, 0.4) is 0 Å². The fourth-order valence-electron chi connectivity index (χ4n) is 8.60. The van der Waals surface area contributed by atoms with Crippen LogP contribution in [0.4, 0.5) is 5.69 Å². The van der Waals surface area contributed by atoms with Crippen LogP contribution in [0.2, 0.25) is 0 Å². The zero-order valence-corrected chi connectivity index (χ0v) is 28.7. The monoisotopic (exact) mass is 670 g/mol. The fourth-order valence-corrected chi connectivity index (χ4v) is 8.60. The third-order valence-electron chi connectivity index (χ3n) is 11.1. The molecule has 1 heterocycles. The van der Waals surface area contributed by atoms with Crippen LogP contribution in [-0.4, -0.2) is 4.57 Å². The Kier molecular flexibility index (Phi) is 6.35. The molecule has 1 aromatic heterocycles. The number of rotatable bonds is 4. The minimum Gasteiger partial charge on any atom is -0.310 e. The summed E-state index contributed by atoms with van der Waals surface area (Å²) in [4.78, 5) is 3.72. The van der Waals surface area contributed by atoms with Crippen LogP contribution in [0, 0.1) is 6.57 Å². The van der Waals surface area contributed by atoms with Crippen LogP contribution in [0.1, 0.15) is 0 Å². The zero-order chi connectivity index (χ0) is 35.0. The van der Waals surface area contributed by atoms with Gasteiger partial charge in [-0.1, -0.05) is 133 Å². The summed E-state index contributed by atoms with van der Waals surface area (Å²) in [5, 5.41) is 12.6. The van der Waals surface area contributed by atoms with Crippen molar-refractivity contribution in [3.8, 4) is 39.1 Å². The third kappa shape index (κ3) is 4.58. The van der Waals surface area contributed by atoms with Gasteiger partial charge in [0.05, 0.1) is 12.1 Å². The predicted octanol–water partition coefficient (Wildman–Crippen LogP) is 14.4. The average molecular weight is 671 g/mol. The first-order valence-corrected chi connectivity index (χ1v) is 18.0. The molecule has 244 valence electrons. The molecule has 11 rings (SSSR count). The van der Waals surface area contributed by atoms with Crippen molar-refractivity contribution in [2.45, 2.75) is 0 Å². The highest BCUT2D eigenvalue weighted by Gasteiger charge is 2.16. The molecular formula is C51H30N2. The minimum atomic E-state index is 0.645. The van der Waals surface area contributed by atoms with E-state index in [1.165, 1.54) is 76.3 Å². The highest BCUT2D eigenvalue weighted by atomic mass is 15.0. The summed E-state index contributed by atoms with van der Waals surface area (Å²) in [7, 11) is 0. The second kappa shape index (κ2) is 11.4. The molecule has 0 aliphatic heterocycles. The van der Waals surface area contributed by atoms with E-state index in [2.05, 4.69) is 173 Å². The summed E-state index contributed by atoms with van der Waals surface area (Å²) in [6.07, 6.45) is 0.